The molecule has 0 fully saturated rings. The summed E-state index contributed by atoms with van der Waals surface area (Å²) in [6.45, 7) is 2.22. The van der Waals surface area contributed by atoms with Crippen LogP contribution in [0.1, 0.15) is 22.7 Å². The predicted molar refractivity (Wildman–Crippen MR) is 78.7 cm³/mol. The Balaban J connectivity index is 1.60. The molecule has 0 radical (unpaired) electrons. The molecule has 2 aromatic rings. The molecule has 1 N–H and O–H groups in total. The van der Waals surface area contributed by atoms with Crippen LogP contribution >= 0.6 is 0 Å². The van der Waals surface area contributed by atoms with Crippen molar-refractivity contribution in [2.24, 2.45) is 0 Å². The van der Waals surface area contributed by atoms with Crippen LogP contribution in [0.15, 0.2) is 48.5 Å². The summed E-state index contributed by atoms with van der Waals surface area (Å²) in [7, 11) is 1.72. The van der Waals surface area contributed by atoms with Gasteiger partial charge in [-0.05, 0) is 17.2 Å². The van der Waals surface area contributed by atoms with Crippen LogP contribution in [-0.4, -0.2) is 13.7 Å². The van der Waals surface area contributed by atoms with Gasteiger partial charge in [-0.3, -0.25) is 0 Å². The SMILES string of the molecule is COCc1ccc(CNC2COc3ccccc32)cc1. The molecule has 1 aliphatic heterocycles. The summed E-state index contributed by atoms with van der Waals surface area (Å²) in [5, 5.41) is 3.55. The maximum atomic E-state index is 5.67. The van der Waals surface area contributed by atoms with Gasteiger partial charge in [-0.1, -0.05) is 42.5 Å². The zero-order valence-electron chi connectivity index (χ0n) is 11.6. The van der Waals surface area contributed by atoms with Crippen LogP contribution in [0.2, 0.25) is 0 Å². The summed E-state index contributed by atoms with van der Waals surface area (Å²) in [5.74, 6) is 1.00. The monoisotopic (exact) mass is 269 g/mol. The fraction of sp³-hybridized carbons (Fsp3) is 0.294. The van der Waals surface area contributed by atoms with Gasteiger partial charge < -0.3 is 14.8 Å². The standard InChI is InChI=1S/C17H19NO2/c1-19-11-14-8-6-13(7-9-14)10-18-16-12-20-17-5-3-2-4-15(16)17/h2-9,16,18H,10-12H2,1H3. The highest BCUT2D eigenvalue weighted by Gasteiger charge is 2.22. The van der Waals surface area contributed by atoms with Gasteiger partial charge >= 0.3 is 0 Å². The van der Waals surface area contributed by atoms with Gasteiger partial charge in [0.15, 0.2) is 0 Å². The Hall–Kier alpha value is -1.84. The van der Waals surface area contributed by atoms with E-state index in [1.807, 2.05) is 12.1 Å². The fourth-order valence-corrected chi connectivity index (χ4v) is 2.49. The molecule has 3 rings (SSSR count). The van der Waals surface area contributed by atoms with Gasteiger partial charge in [-0.15, -0.1) is 0 Å². The Kier molecular flexibility index (Phi) is 4.00. The summed E-state index contributed by atoms with van der Waals surface area (Å²) < 4.78 is 10.8. The smallest absolute Gasteiger partial charge is 0.124 e. The van der Waals surface area contributed by atoms with Crippen LogP contribution in [0.25, 0.3) is 0 Å². The molecular formula is C17H19NO2. The van der Waals surface area contributed by atoms with Crippen LogP contribution in [-0.2, 0) is 17.9 Å². The van der Waals surface area contributed by atoms with E-state index in [0.717, 1.165) is 12.3 Å². The summed E-state index contributed by atoms with van der Waals surface area (Å²) in [4.78, 5) is 0. The number of ether oxygens (including phenoxy) is 2. The zero-order valence-corrected chi connectivity index (χ0v) is 11.6. The van der Waals surface area contributed by atoms with Crippen molar-refractivity contribution in [2.45, 2.75) is 19.2 Å². The predicted octanol–water partition coefficient (Wildman–Crippen LogP) is 3.06. The lowest BCUT2D eigenvalue weighted by molar-refractivity contribution is 0.185. The minimum absolute atomic E-state index is 0.282. The first-order chi connectivity index (χ1) is 9.86. The van der Waals surface area contributed by atoms with Gasteiger partial charge in [0.05, 0.1) is 12.6 Å². The first-order valence-corrected chi connectivity index (χ1v) is 6.88. The average molecular weight is 269 g/mol. The molecule has 20 heavy (non-hydrogen) atoms. The van der Waals surface area contributed by atoms with Gasteiger partial charge in [0, 0.05) is 19.2 Å². The van der Waals surface area contributed by atoms with Crippen molar-refractivity contribution in [3.8, 4) is 5.75 Å². The Morgan fingerprint density at radius 1 is 1.10 bits per heavy atom. The summed E-state index contributed by atoms with van der Waals surface area (Å²) in [6, 6.07) is 17.0. The zero-order chi connectivity index (χ0) is 13.8. The van der Waals surface area contributed by atoms with Crippen molar-refractivity contribution >= 4 is 0 Å². The Morgan fingerprint density at radius 2 is 1.85 bits per heavy atom. The molecule has 104 valence electrons. The third-order valence-electron chi connectivity index (χ3n) is 3.59. The van der Waals surface area contributed by atoms with Crippen LogP contribution in [0.3, 0.4) is 0 Å². The number of benzene rings is 2. The molecule has 0 aliphatic carbocycles. The molecule has 1 unspecified atom stereocenters. The normalized spacial score (nSPS) is 16.8. The number of methoxy groups -OCH3 is 1. The van der Waals surface area contributed by atoms with E-state index in [2.05, 4.69) is 41.7 Å². The molecule has 0 spiro atoms. The van der Waals surface area contributed by atoms with Crippen molar-refractivity contribution in [1.29, 1.82) is 0 Å². The van der Waals surface area contributed by atoms with Gasteiger partial charge in [-0.2, -0.15) is 0 Å². The molecule has 1 aliphatic rings. The van der Waals surface area contributed by atoms with E-state index in [9.17, 15) is 0 Å². The van der Waals surface area contributed by atoms with Crippen LogP contribution < -0.4 is 10.1 Å². The van der Waals surface area contributed by atoms with E-state index >= 15 is 0 Å². The number of nitrogens with one attached hydrogen (secondary N) is 1. The number of rotatable bonds is 5. The molecule has 0 amide bonds. The van der Waals surface area contributed by atoms with Gasteiger partial charge in [-0.25, -0.2) is 0 Å². The van der Waals surface area contributed by atoms with Crippen LogP contribution in [0, 0.1) is 0 Å². The molecule has 3 heteroatoms. The van der Waals surface area contributed by atoms with E-state index in [1.54, 1.807) is 7.11 Å². The quantitative estimate of drug-likeness (QED) is 0.905. The van der Waals surface area contributed by atoms with Crippen molar-refractivity contribution in [2.75, 3.05) is 13.7 Å². The van der Waals surface area contributed by atoms with Crippen LogP contribution in [0.4, 0.5) is 0 Å². The van der Waals surface area contributed by atoms with E-state index in [4.69, 9.17) is 9.47 Å². The summed E-state index contributed by atoms with van der Waals surface area (Å²) in [6.07, 6.45) is 0. The lowest BCUT2D eigenvalue weighted by Gasteiger charge is -2.12. The van der Waals surface area contributed by atoms with Crippen molar-refractivity contribution in [3.05, 3.63) is 65.2 Å². The van der Waals surface area contributed by atoms with E-state index in [0.29, 0.717) is 13.2 Å². The highest BCUT2D eigenvalue weighted by atomic mass is 16.5. The topological polar surface area (TPSA) is 30.5 Å². The lowest BCUT2D eigenvalue weighted by atomic mass is 10.1. The highest BCUT2D eigenvalue weighted by Crippen LogP contribution is 2.31. The molecule has 1 atom stereocenters. The van der Waals surface area contributed by atoms with Crippen molar-refractivity contribution in [3.63, 3.8) is 0 Å². The fourth-order valence-electron chi connectivity index (χ4n) is 2.49. The number of fused-ring (bicyclic) bond motifs is 1. The Bertz CT molecular complexity index is 565. The van der Waals surface area contributed by atoms with E-state index < -0.39 is 0 Å². The number of para-hydroxylation sites is 1. The second-order valence-corrected chi connectivity index (χ2v) is 5.03. The first kappa shape index (κ1) is 13.2. The molecule has 0 aromatic heterocycles. The van der Waals surface area contributed by atoms with Gasteiger partial charge in [0.2, 0.25) is 0 Å². The van der Waals surface area contributed by atoms with Crippen LogP contribution in [0.5, 0.6) is 5.75 Å². The van der Waals surface area contributed by atoms with E-state index in [1.165, 1.54) is 16.7 Å². The van der Waals surface area contributed by atoms with Gasteiger partial charge in [0.25, 0.3) is 0 Å². The van der Waals surface area contributed by atoms with Crippen molar-refractivity contribution < 1.29 is 9.47 Å². The minimum atomic E-state index is 0.282. The number of hydrogen-bond acceptors (Lipinski definition) is 3. The molecule has 0 bridgehead atoms. The molecule has 3 nitrogen and oxygen atoms in total. The first-order valence-electron chi connectivity index (χ1n) is 6.88. The second kappa shape index (κ2) is 6.07. The Labute approximate surface area is 119 Å². The summed E-state index contributed by atoms with van der Waals surface area (Å²) in [5.41, 5.74) is 3.73. The van der Waals surface area contributed by atoms with E-state index in [-0.39, 0.29) is 6.04 Å². The van der Waals surface area contributed by atoms with Gasteiger partial charge in [0.1, 0.15) is 12.4 Å². The lowest BCUT2D eigenvalue weighted by Crippen LogP contribution is -2.21. The molecule has 2 aromatic carbocycles. The second-order valence-electron chi connectivity index (χ2n) is 5.03. The minimum Gasteiger partial charge on any atom is -0.491 e. The average Bonchev–Trinajstić information content (AvgIpc) is 2.90. The van der Waals surface area contributed by atoms with Crippen molar-refractivity contribution in [1.82, 2.24) is 5.32 Å². The highest BCUT2D eigenvalue weighted by molar-refractivity contribution is 5.39. The maximum absolute atomic E-state index is 5.67. The molecule has 0 saturated carbocycles. The summed E-state index contributed by atoms with van der Waals surface area (Å²) >= 11 is 0. The number of hydrogen-bond donors (Lipinski definition) is 1. The third kappa shape index (κ3) is 2.84. The Morgan fingerprint density at radius 3 is 2.65 bits per heavy atom. The third-order valence-corrected chi connectivity index (χ3v) is 3.59. The molecule has 0 saturated heterocycles. The molecule has 1 heterocycles. The molecular weight excluding hydrogens is 250 g/mol. The largest absolute Gasteiger partial charge is 0.491 e. The maximum Gasteiger partial charge on any atom is 0.124 e.